The van der Waals surface area contributed by atoms with Crippen molar-refractivity contribution in [2.75, 3.05) is 0 Å². The molecule has 0 fully saturated rings. The van der Waals surface area contributed by atoms with Crippen LogP contribution in [0, 0.1) is 13.8 Å². The standard InChI is InChI=1S/C23H30O/c1-5-7-8-9-10-11-19-13-15-21-20-14-12-18(6-2)16(3)22(20)24-23(21)17(19)4/h12-15H,5-11H2,1-4H3. The third kappa shape index (κ3) is 3.09. The first kappa shape index (κ1) is 17.1. The lowest BCUT2D eigenvalue weighted by Crippen LogP contribution is -1.90. The molecule has 0 saturated carbocycles. The van der Waals surface area contributed by atoms with Crippen LogP contribution in [0.1, 0.15) is 68.2 Å². The third-order valence-corrected chi connectivity index (χ3v) is 5.46. The molecule has 1 heterocycles. The first-order chi connectivity index (χ1) is 11.7. The van der Waals surface area contributed by atoms with E-state index >= 15 is 0 Å². The van der Waals surface area contributed by atoms with Gasteiger partial charge in [0.05, 0.1) is 0 Å². The average Bonchev–Trinajstić information content (AvgIpc) is 2.97. The molecule has 0 N–H and O–H groups in total. The van der Waals surface area contributed by atoms with Gasteiger partial charge < -0.3 is 4.42 Å². The van der Waals surface area contributed by atoms with E-state index in [9.17, 15) is 0 Å². The number of hydrogen-bond donors (Lipinski definition) is 0. The van der Waals surface area contributed by atoms with Gasteiger partial charge in [0.25, 0.3) is 0 Å². The summed E-state index contributed by atoms with van der Waals surface area (Å²) in [5.74, 6) is 0. The number of fused-ring (bicyclic) bond motifs is 3. The first-order valence-corrected chi connectivity index (χ1v) is 9.60. The van der Waals surface area contributed by atoms with E-state index < -0.39 is 0 Å². The molecule has 0 unspecified atom stereocenters. The normalized spacial score (nSPS) is 11.7. The molecule has 24 heavy (non-hydrogen) atoms. The summed E-state index contributed by atoms with van der Waals surface area (Å²) >= 11 is 0. The molecule has 0 amide bonds. The number of benzene rings is 2. The summed E-state index contributed by atoms with van der Waals surface area (Å²) in [4.78, 5) is 0. The summed E-state index contributed by atoms with van der Waals surface area (Å²) in [5.41, 5.74) is 7.63. The summed E-state index contributed by atoms with van der Waals surface area (Å²) in [6.07, 6.45) is 8.88. The zero-order valence-corrected chi connectivity index (χ0v) is 15.7. The highest BCUT2D eigenvalue weighted by molar-refractivity contribution is 6.07. The minimum Gasteiger partial charge on any atom is -0.455 e. The van der Waals surface area contributed by atoms with Crippen LogP contribution in [0.25, 0.3) is 21.9 Å². The Morgan fingerprint density at radius 3 is 1.92 bits per heavy atom. The number of hydrogen-bond acceptors (Lipinski definition) is 1. The van der Waals surface area contributed by atoms with E-state index in [1.54, 1.807) is 0 Å². The van der Waals surface area contributed by atoms with Crippen molar-refractivity contribution < 1.29 is 4.42 Å². The van der Waals surface area contributed by atoms with E-state index in [4.69, 9.17) is 4.42 Å². The Kier molecular flexibility index (Phi) is 5.28. The van der Waals surface area contributed by atoms with Crippen molar-refractivity contribution in [2.45, 2.75) is 72.6 Å². The average molecular weight is 322 g/mol. The fourth-order valence-corrected chi connectivity index (χ4v) is 3.83. The van der Waals surface area contributed by atoms with Crippen LogP contribution in [-0.4, -0.2) is 0 Å². The number of aryl methyl sites for hydroxylation is 4. The van der Waals surface area contributed by atoms with Gasteiger partial charge in [0, 0.05) is 10.8 Å². The van der Waals surface area contributed by atoms with Crippen LogP contribution in [0.3, 0.4) is 0 Å². The van der Waals surface area contributed by atoms with Gasteiger partial charge in [0.1, 0.15) is 11.2 Å². The van der Waals surface area contributed by atoms with Crippen molar-refractivity contribution in [1.29, 1.82) is 0 Å². The van der Waals surface area contributed by atoms with Crippen molar-refractivity contribution in [3.8, 4) is 0 Å². The molecule has 128 valence electrons. The van der Waals surface area contributed by atoms with Gasteiger partial charge >= 0.3 is 0 Å². The van der Waals surface area contributed by atoms with E-state index in [1.807, 2.05) is 0 Å². The van der Waals surface area contributed by atoms with Crippen LogP contribution in [0.5, 0.6) is 0 Å². The summed E-state index contributed by atoms with van der Waals surface area (Å²) in [7, 11) is 0. The topological polar surface area (TPSA) is 13.1 Å². The van der Waals surface area contributed by atoms with Gasteiger partial charge in [-0.25, -0.2) is 0 Å². The maximum Gasteiger partial charge on any atom is 0.138 e. The number of unbranched alkanes of at least 4 members (excludes halogenated alkanes) is 4. The molecule has 0 aliphatic carbocycles. The molecule has 1 aromatic heterocycles. The van der Waals surface area contributed by atoms with Crippen LogP contribution in [0.15, 0.2) is 28.7 Å². The zero-order valence-electron chi connectivity index (χ0n) is 15.7. The molecule has 0 saturated heterocycles. The Hall–Kier alpha value is -1.76. The van der Waals surface area contributed by atoms with Crippen molar-refractivity contribution in [1.82, 2.24) is 0 Å². The van der Waals surface area contributed by atoms with Gasteiger partial charge in [-0.3, -0.25) is 0 Å². The van der Waals surface area contributed by atoms with Crippen molar-refractivity contribution in [3.05, 3.63) is 46.5 Å². The fraction of sp³-hybridized carbons (Fsp3) is 0.478. The van der Waals surface area contributed by atoms with E-state index in [1.165, 1.54) is 71.6 Å². The second-order valence-electron chi connectivity index (χ2n) is 7.07. The largest absolute Gasteiger partial charge is 0.455 e. The minimum atomic E-state index is 1.06. The number of furan rings is 1. The van der Waals surface area contributed by atoms with Crippen LogP contribution < -0.4 is 0 Å². The highest BCUT2D eigenvalue weighted by Crippen LogP contribution is 2.35. The second-order valence-corrected chi connectivity index (χ2v) is 7.07. The highest BCUT2D eigenvalue weighted by atomic mass is 16.3. The van der Waals surface area contributed by atoms with Gasteiger partial charge in [-0.15, -0.1) is 0 Å². The first-order valence-electron chi connectivity index (χ1n) is 9.60. The summed E-state index contributed by atoms with van der Waals surface area (Å²) < 4.78 is 6.34. The predicted molar refractivity (Wildman–Crippen MR) is 105 cm³/mol. The zero-order chi connectivity index (χ0) is 17.1. The summed E-state index contributed by atoms with van der Waals surface area (Å²) in [6, 6.07) is 9.07. The maximum atomic E-state index is 6.34. The van der Waals surface area contributed by atoms with Gasteiger partial charge in [-0.2, -0.15) is 0 Å². The Balaban J connectivity index is 1.93. The van der Waals surface area contributed by atoms with Gasteiger partial charge in [-0.1, -0.05) is 63.8 Å². The van der Waals surface area contributed by atoms with Crippen LogP contribution in [-0.2, 0) is 12.8 Å². The highest BCUT2D eigenvalue weighted by Gasteiger charge is 2.14. The molecule has 3 aromatic rings. The molecule has 0 radical (unpaired) electrons. The number of rotatable bonds is 7. The smallest absolute Gasteiger partial charge is 0.138 e. The van der Waals surface area contributed by atoms with Gasteiger partial charge in [0.15, 0.2) is 0 Å². The second kappa shape index (κ2) is 7.42. The maximum absolute atomic E-state index is 6.34. The fourth-order valence-electron chi connectivity index (χ4n) is 3.83. The van der Waals surface area contributed by atoms with E-state index in [0.29, 0.717) is 0 Å². The van der Waals surface area contributed by atoms with E-state index in [2.05, 4.69) is 52.0 Å². The van der Waals surface area contributed by atoms with Crippen molar-refractivity contribution in [3.63, 3.8) is 0 Å². The lowest BCUT2D eigenvalue weighted by Gasteiger charge is -2.06. The minimum absolute atomic E-state index is 1.06. The molecular formula is C23H30O. The molecule has 0 spiro atoms. The molecule has 0 atom stereocenters. The Morgan fingerprint density at radius 2 is 1.29 bits per heavy atom. The lowest BCUT2D eigenvalue weighted by molar-refractivity contribution is 0.629. The van der Waals surface area contributed by atoms with Crippen molar-refractivity contribution >= 4 is 21.9 Å². The quantitative estimate of drug-likeness (QED) is 0.417. The van der Waals surface area contributed by atoms with Crippen LogP contribution >= 0.6 is 0 Å². The molecule has 0 bridgehead atoms. The predicted octanol–water partition coefficient (Wildman–Crippen LogP) is 7.28. The Labute approximate surface area is 146 Å². The lowest BCUT2D eigenvalue weighted by atomic mass is 9.98. The van der Waals surface area contributed by atoms with Crippen LogP contribution in [0.4, 0.5) is 0 Å². The molecule has 2 aromatic carbocycles. The molecule has 0 aliphatic heterocycles. The molecule has 1 heteroatoms. The Morgan fingerprint density at radius 1 is 0.708 bits per heavy atom. The monoisotopic (exact) mass is 322 g/mol. The van der Waals surface area contributed by atoms with E-state index in [-0.39, 0.29) is 0 Å². The molecule has 3 rings (SSSR count). The Bertz CT molecular complexity index is 838. The van der Waals surface area contributed by atoms with Gasteiger partial charge in [-0.05, 0) is 55.4 Å². The summed E-state index contributed by atoms with van der Waals surface area (Å²) in [5, 5.41) is 2.53. The third-order valence-electron chi connectivity index (χ3n) is 5.46. The van der Waals surface area contributed by atoms with E-state index in [0.717, 1.165) is 17.6 Å². The van der Waals surface area contributed by atoms with Crippen LogP contribution in [0.2, 0.25) is 0 Å². The van der Waals surface area contributed by atoms with Crippen molar-refractivity contribution in [2.24, 2.45) is 0 Å². The molecule has 1 nitrogen and oxygen atoms in total. The summed E-state index contributed by atoms with van der Waals surface area (Å²) in [6.45, 7) is 8.89. The molecule has 0 aliphatic rings. The SMILES string of the molecule is CCCCCCCc1ccc2c(oc3c(C)c(CC)ccc32)c1C. The van der Waals surface area contributed by atoms with Gasteiger partial charge in [0.2, 0.25) is 0 Å². The molecular weight excluding hydrogens is 292 g/mol.